The standard InChI is InChI=1S/C12H9N5O6/c13-8-3-1-2-4-9(8)14-12-10(16(20)21)5-7(15(18)19)6-11(12)17(22)23/h1-6,14H,13H2. The zero-order chi connectivity index (χ0) is 17.1. The molecule has 0 heterocycles. The number of non-ortho nitro benzene ring substituents is 1. The Morgan fingerprint density at radius 3 is 1.83 bits per heavy atom. The summed E-state index contributed by atoms with van der Waals surface area (Å²) in [7, 11) is 0. The molecule has 2 rings (SSSR count). The van der Waals surface area contributed by atoms with E-state index in [1.165, 1.54) is 12.1 Å². The fourth-order valence-corrected chi connectivity index (χ4v) is 1.86. The van der Waals surface area contributed by atoms with Gasteiger partial charge >= 0.3 is 11.4 Å². The number of hydrogen-bond acceptors (Lipinski definition) is 8. The molecule has 0 radical (unpaired) electrons. The van der Waals surface area contributed by atoms with E-state index >= 15 is 0 Å². The molecule has 0 saturated heterocycles. The van der Waals surface area contributed by atoms with Crippen molar-refractivity contribution in [3.63, 3.8) is 0 Å². The third-order valence-corrected chi connectivity index (χ3v) is 2.91. The van der Waals surface area contributed by atoms with Crippen LogP contribution in [-0.4, -0.2) is 14.8 Å². The highest BCUT2D eigenvalue weighted by Gasteiger charge is 2.30. The molecule has 0 atom stereocenters. The summed E-state index contributed by atoms with van der Waals surface area (Å²) in [5.41, 5.74) is 3.26. The van der Waals surface area contributed by atoms with Crippen molar-refractivity contribution >= 4 is 34.1 Å². The van der Waals surface area contributed by atoms with Gasteiger partial charge in [0, 0.05) is 0 Å². The van der Waals surface area contributed by atoms with Gasteiger partial charge in [-0.25, -0.2) is 0 Å². The summed E-state index contributed by atoms with van der Waals surface area (Å²) >= 11 is 0. The number of anilines is 3. The molecule has 0 aliphatic carbocycles. The molecule has 0 aliphatic rings. The second-order valence-electron chi connectivity index (χ2n) is 4.34. The van der Waals surface area contributed by atoms with Crippen molar-refractivity contribution < 1.29 is 14.8 Å². The minimum atomic E-state index is -0.944. The number of nitrogens with one attached hydrogen (secondary N) is 1. The number of hydrogen-bond donors (Lipinski definition) is 2. The Hall–Kier alpha value is -3.76. The Morgan fingerprint density at radius 2 is 1.39 bits per heavy atom. The van der Waals surface area contributed by atoms with E-state index in [9.17, 15) is 30.3 Å². The van der Waals surface area contributed by atoms with Gasteiger partial charge in [0.1, 0.15) is 0 Å². The summed E-state index contributed by atoms with van der Waals surface area (Å²) in [6.07, 6.45) is 0. The van der Waals surface area contributed by atoms with Crippen LogP contribution in [0.5, 0.6) is 0 Å². The Morgan fingerprint density at radius 1 is 0.870 bits per heavy atom. The third-order valence-electron chi connectivity index (χ3n) is 2.91. The quantitative estimate of drug-likeness (QED) is 0.481. The lowest BCUT2D eigenvalue weighted by atomic mass is 10.2. The van der Waals surface area contributed by atoms with Crippen LogP contribution in [0.15, 0.2) is 36.4 Å². The lowest BCUT2D eigenvalue weighted by Crippen LogP contribution is -2.04. The van der Waals surface area contributed by atoms with E-state index in [-0.39, 0.29) is 11.4 Å². The second-order valence-corrected chi connectivity index (χ2v) is 4.34. The SMILES string of the molecule is Nc1ccccc1Nc1c([N+](=O)[O-])cc([N+](=O)[O-])cc1[N+](=O)[O-]. The van der Waals surface area contributed by atoms with Crippen molar-refractivity contribution in [3.8, 4) is 0 Å². The molecule has 118 valence electrons. The molecule has 0 amide bonds. The highest BCUT2D eigenvalue weighted by molar-refractivity contribution is 5.84. The highest BCUT2D eigenvalue weighted by Crippen LogP contribution is 2.40. The van der Waals surface area contributed by atoms with Gasteiger partial charge in [0.2, 0.25) is 0 Å². The van der Waals surface area contributed by atoms with Crippen LogP contribution in [-0.2, 0) is 0 Å². The molecule has 2 aromatic rings. The van der Waals surface area contributed by atoms with E-state index in [1.54, 1.807) is 12.1 Å². The molecule has 2 aromatic carbocycles. The molecule has 11 heteroatoms. The maximum absolute atomic E-state index is 11.1. The number of para-hydroxylation sites is 2. The third kappa shape index (κ3) is 3.12. The smallest absolute Gasteiger partial charge is 0.306 e. The van der Waals surface area contributed by atoms with Gasteiger partial charge in [0.05, 0.1) is 38.3 Å². The molecule has 23 heavy (non-hydrogen) atoms. The summed E-state index contributed by atoms with van der Waals surface area (Å²) in [6.45, 7) is 0. The number of nitro benzene ring substituents is 3. The summed E-state index contributed by atoms with van der Waals surface area (Å²) in [5.74, 6) is 0. The maximum Gasteiger partial charge on any atom is 0.306 e. The number of nitrogens with zero attached hydrogens (tertiary/aromatic N) is 3. The van der Waals surface area contributed by atoms with Crippen LogP contribution < -0.4 is 11.1 Å². The molecule has 3 N–H and O–H groups in total. The number of nitrogen functional groups attached to an aromatic ring is 1. The Bertz CT molecular complexity index is 786. The predicted octanol–water partition coefficient (Wildman–Crippen LogP) is 2.74. The first kappa shape index (κ1) is 15.6. The van der Waals surface area contributed by atoms with Gasteiger partial charge < -0.3 is 11.1 Å². The monoisotopic (exact) mass is 319 g/mol. The molecular formula is C12H9N5O6. The summed E-state index contributed by atoms with van der Waals surface area (Å²) in [4.78, 5) is 30.2. The molecule has 11 nitrogen and oxygen atoms in total. The average molecular weight is 319 g/mol. The van der Waals surface area contributed by atoms with E-state index in [0.29, 0.717) is 12.1 Å². The minimum Gasteiger partial charge on any atom is -0.397 e. The van der Waals surface area contributed by atoms with Gasteiger partial charge in [-0.2, -0.15) is 0 Å². The van der Waals surface area contributed by atoms with Gasteiger partial charge in [-0.15, -0.1) is 0 Å². The van der Waals surface area contributed by atoms with Crippen LogP contribution >= 0.6 is 0 Å². The number of nitro groups is 3. The largest absolute Gasteiger partial charge is 0.397 e. The van der Waals surface area contributed by atoms with Crippen molar-refractivity contribution in [2.75, 3.05) is 11.1 Å². The van der Waals surface area contributed by atoms with Gasteiger partial charge in [-0.3, -0.25) is 30.3 Å². The van der Waals surface area contributed by atoms with Crippen LogP contribution in [0, 0.1) is 30.3 Å². The van der Waals surface area contributed by atoms with E-state index in [4.69, 9.17) is 5.73 Å². The summed E-state index contributed by atoms with van der Waals surface area (Å²) < 4.78 is 0. The Balaban J connectivity index is 2.69. The molecule has 0 aliphatic heterocycles. The molecular weight excluding hydrogens is 310 g/mol. The molecule has 0 saturated carbocycles. The van der Waals surface area contributed by atoms with Gasteiger partial charge in [-0.1, -0.05) is 12.1 Å². The first-order valence-corrected chi connectivity index (χ1v) is 6.04. The van der Waals surface area contributed by atoms with Gasteiger partial charge in [0.25, 0.3) is 5.69 Å². The van der Waals surface area contributed by atoms with E-state index in [2.05, 4.69) is 5.32 Å². The first-order chi connectivity index (χ1) is 10.8. The van der Waals surface area contributed by atoms with E-state index in [1.807, 2.05) is 0 Å². The lowest BCUT2D eigenvalue weighted by molar-refractivity contribution is -0.401. The molecule has 0 spiro atoms. The van der Waals surface area contributed by atoms with Crippen molar-refractivity contribution in [3.05, 3.63) is 66.7 Å². The zero-order valence-electron chi connectivity index (χ0n) is 11.3. The van der Waals surface area contributed by atoms with Crippen molar-refractivity contribution in [1.82, 2.24) is 0 Å². The summed E-state index contributed by atoms with van der Waals surface area (Å²) in [6, 6.07) is 7.43. The minimum absolute atomic E-state index is 0.201. The predicted molar refractivity (Wildman–Crippen MR) is 80.5 cm³/mol. The normalized spacial score (nSPS) is 10.1. The fraction of sp³-hybridized carbons (Fsp3) is 0. The van der Waals surface area contributed by atoms with Gasteiger partial charge in [0.15, 0.2) is 5.69 Å². The molecule has 0 unspecified atom stereocenters. The molecule has 0 bridgehead atoms. The van der Waals surface area contributed by atoms with Crippen molar-refractivity contribution in [2.24, 2.45) is 0 Å². The maximum atomic E-state index is 11.1. The van der Waals surface area contributed by atoms with E-state index in [0.717, 1.165) is 0 Å². The van der Waals surface area contributed by atoms with Crippen LogP contribution in [0.25, 0.3) is 0 Å². The van der Waals surface area contributed by atoms with Crippen molar-refractivity contribution in [1.29, 1.82) is 0 Å². The number of rotatable bonds is 5. The van der Waals surface area contributed by atoms with Gasteiger partial charge in [-0.05, 0) is 12.1 Å². The van der Waals surface area contributed by atoms with Crippen molar-refractivity contribution in [2.45, 2.75) is 0 Å². The molecule has 0 aromatic heterocycles. The number of nitrogens with two attached hydrogens (primary N) is 1. The average Bonchev–Trinajstić information content (AvgIpc) is 2.48. The summed E-state index contributed by atoms with van der Waals surface area (Å²) in [5, 5.41) is 35.6. The number of benzene rings is 2. The van der Waals surface area contributed by atoms with Crippen LogP contribution in [0.3, 0.4) is 0 Å². The fourth-order valence-electron chi connectivity index (χ4n) is 1.86. The lowest BCUT2D eigenvalue weighted by Gasteiger charge is -2.09. The highest BCUT2D eigenvalue weighted by atomic mass is 16.6. The first-order valence-electron chi connectivity index (χ1n) is 6.04. The molecule has 0 fully saturated rings. The Labute approximate surface area is 127 Å². The Kier molecular flexibility index (Phi) is 4.03. The van der Waals surface area contributed by atoms with Crippen LogP contribution in [0.1, 0.15) is 0 Å². The topological polar surface area (TPSA) is 167 Å². The van der Waals surface area contributed by atoms with E-state index < -0.39 is 37.5 Å². The van der Waals surface area contributed by atoms with Crippen LogP contribution in [0.2, 0.25) is 0 Å². The van der Waals surface area contributed by atoms with Crippen LogP contribution in [0.4, 0.5) is 34.1 Å². The zero-order valence-corrected chi connectivity index (χ0v) is 11.3. The second kappa shape index (κ2) is 5.93.